The lowest BCUT2D eigenvalue weighted by Gasteiger charge is -2.18. The number of benzene rings is 2. The summed E-state index contributed by atoms with van der Waals surface area (Å²) in [6.07, 6.45) is 0.517. The molecule has 0 saturated carbocycles. The lowest BCUT2D eigenvalue weighted by atomic mass is 10.0. The summed E-state index contributed by atoms with van der Waals surface area (Å²) >= 11 is 0. The van der Waals surface area contributed by atoms with E-state index in [4.69, 9.17) is 10.5 Å². The van der Waals surface area contributed by atoms with E-state index in [0.29, 0.717) is 26.1 Å². The third-order valence-corrected chi connectivity index (χ3v) is 4.59. The van der Waals surface area contributed by atoms with Gasteiger partial charge in [0.2, 0.25) is 11.8 Å². The van der Waals surface area contributed by atoms with Crippen molar-refractivity contribution in [1.29, 1.82) is 0 Å². The van der Waals surface area contributed by atoms with Gasteiger partial charge in [0.25, 0.3) is 0 Å². The van der Waals surface area contributed by atoms with Crippen molar-refractivity contribution in [3.63, 3.8) is 0 Å². The summed E-state index contributed by atoms with van der Waals surface area (Å²) < 4.78 is 5.64. The topological polar surface area (TPSA) is 84.7 Å². The Morgan fingerprint density at radius 3 is 2.46 bits per heavy atom. The molecule has 2 amide bonds. The normalized spacial score (nSPS) is 17.0. The van der Waals surface area contributed by atoms with Crippen LogP contribution in [0, 0.1) is 0 Å². The maximum Gasteiger partial charge on any atom is 0.224 e. The van der Waals surface area contributed by atoms with Gasteiger partial charge in [0.05, 0.1) is 12.6 Å². The van der Waals surface area contributed by atoms with Gasteiger partial charge in [-0.05, 0) is 17.7 Å². The van der Waals surface area contributed by atoms with Crippen molar-refractivity contribution in [2.75, 3.05) is 19.7 Å². The molecule has 1 saturated heterocycles. The molecule has 2 aromatic carbocycles. The number of nitrogens with two attached hydrogens (primary N) is 1. The number of hydrogen-bond acceptors (Lipinski definition) is 4. The van der Waals surface area contributed by atoms with Crippen LogP contribution in [0.15, 0.2) is 60.7 Å². The van der Waals surface area contributed by atoms with Crippen molar-refractivity contribution in [3.05, 3.63) is 66.2 Å². The number of nitrogens with zero attached hydrogens (tertiary/aromatic N) is 1. The monoisotopic (exact) mass is 403 g/mol. The highest BCUT2D eigenvalue weighted by Crippen LogP contribution is 2.15. The standard InChI is InChI=1S/C21H25N3O3.ClH/c22-19(16-7-3-1-4-8-16)14-20(25)23-17-13-21(26)24(15-17)11-12-27-18-9-5-2-6-10-18;/h1-10,17,19H,11-15,22H2,(H,23,25);1H. The zero-order valence-electron chi connectivity index (χ0n) is 15.6. The maximum absolute atomic E-state index is 12.2. The van der Waals surface area contributed by atoms with E-state index in [1.807, 2.05) is 60.7 Å². The number of hydrogen-bond donors (Lipinski definition) is 2. The second-order valence-electron chi connectivity index (χ2n) is 6.69. The van der Waals surface area contributed by atoms with Gasteiger partial charge in [-0.1, -0.05) is 48.5 Å². The van der Waals surface area contributed by atoms with Crippen LogP contribution in [-0.2, 0) is 9.59 Å². The van der Waals surface area contributed by atoms with Crippen molar-refractivity contribution < 1.29 is 14.3 Å². The van der Waals surface area contributed by atoms with Crippen molar-refractivity contribution >= 4 is 24.2 Å². The molecule has 150 valence electrons. The molecular formula is C21H26ClN3O3. The van der Waals surface area contributed by atoms with E-state index >= 15 is 0 Å². The molecule has 0 spiro atoms. The molecule has 2 atom stereocenters. The number of rotatable bonds is 8. The highest BCUT2D eigenvalue weighted by Gasteiger charge is 2.30. The Balaban J connectivity index is 0.00000280. The van der Waals surface area contributed by atoms with Crippen LogP contribution >= 0.6 is 12.4 Å². The predicted octanol–water partition coefficient (Wildman–Crippen LogP) is 2.29. The summed E-state index contributed by atoms with van der Waals surface area (Å²) in [6.45, 7) is 1.43. The van der Waals surface area contributed by atoms with Crippen LogP contribution in [0.1, 0.15) is 24.4 Å². The van der Waals surface area contributed by atoms with E-state index in [1.165, 1.54) is 0 Å². The summed E-state index contributed by atoms with van der Waals surface area (Å²) in [4.78, 5) is 26.1. The van der Waals surface area contributed by atoms with Crippen LogP contribution in [0.5, 0.6) is 5.75 Å². The zero-order chi connectivity index (χ0) is 19.1. The highest BCUT2D eigenvalue weighted by molar-refractivity contribution is 5.85. The van der Waals surface area contributed by atoms with Crippen LogP contribution in [0.2, 0.25) is 0 Å². The molecular weight excluding hydrogens is 378 g/mol. The maximum atomic E-state index is 12.2. The molecule has 1 heterocycles. The minimum absolute atomic E-state index is 0. The minimum Gasteiger partial charge on any atom is -0.492 e. The first-order valence-corrected chi connectivity index (χ1v) is 9.17. The molecule has 7 heteroatoms. The van der Waals surface area contributed by atoms with Crippen molar-refractivity contribution in [3.8, 4) is 5.75 Å². The van der Waals surface area contributed by atoms with Gasteiger partial charge in [-0.25, -0.2) is 0 Å². The molecule has 28 heavy (non-hydrogen) atoms. The number of nitrogens with one attached hydrogen (secondary N) is 1. The van der Waals surface area contributed by atoms with Crippen molar-refractivity contribution in [2.24, 2.45) is 5.73 Å². The van der Waals surface area contributed by atoms with Gasteiger partial charge < -0.3 is 20.7 Å². The first-order valence-electron chi connectivity index (χ1n) is 9.17. The molecule has 2 unspecified atom stereocenters. The molecule has 1 aliphatic heterocycles. The van der Waals surface area contributed by atoms with E-state index in [-0.39, 0.29) is 42.7 Å². The Hall–Kier alpha value is -2.57. The zero-order valence-corrected chi connectivity index (χ0v) is 16.4. The number of para-hydroxylation sites is 1. The second-order valence-corrected chi connectivity index (χ2v) is 6.69. The number of likely N-dealkylation sites (tertiary alicyclic amines) is 1. The largest absolute Gasteiger partial charge is 0.492 e. The third-order valence-electron chi connectivity index (χ3n) is 4.59. The lowest BCUT2D eigenvalue weighted by Crippen LogP contribution is -2.39. The molecule has 0 radical (unpaired) electrons. The molecule has 6 nitrogen and oxygen atoms in total. The number of ether oxygens (including phenoxy) is 1. The van der Waals surface area contributed by atoms with Gasteiger partial charge in [0.15, 0.2) is 0 Å². The smallest absolute Gasteiger partial charge is 0.224 e. The highest BCUT2D eigenvalue weighted by atomic mass is 35.5. The summed E-state index contributed by atoms with van der Waals surface area (Å²) in [5.41, 5.74) is 7.02. The Kier molecular flexibility index (Phi) is 8.29. The van der Waals surface area contributed by atoms with E-state index < -0.39 is 0 Å². The molecule has 0 aliphatic carbocycles. The average molecular weight is 404 g/mol. The van der Waals surface area contributed by atoms with Crippen LogP contribution in [0.3, 0.4) is 0 Å². The Bertz CT molecular complexity index is 758. The fourth-order valence-electron chi connectivity index (χ4n) is 3.18. The second kappa shape index (κ2) is 10.7. The minimum atomic E-state index is -0.348. The first kappa shape index (κ1) is 21.7. The molecule has 0 bridgehead atoms. The van der Waals surface area contributed by atoms with Gasteiger partial charge in [-0.3, -0.25) is 9.59 Å². The van der Waals surface area contributed by atoms with Gasteiger partial charge in [-0.2, -0.15) is 0 Å². The van der Waals surface area contributed by atoms with Gasteiger partial charge >= 0.3 is 0 Å². The summed E-state index contributed by atoms with van der Waals surface area (Å²) in [7, 11) is 0. The SMILES string of the molecule is Cl.NC(CC(=O)NC1CC(=O)N(CCOc2ccccc2)C1)c1ccccc1. The van der Waals surface area contributed by atoms with Gasteiger partial charge in [0.1, 0.15) is 12.4 Å². The van der Waals surface area contributed by atoms with E-state index in [0.717, 1.165) is 11.3 Å². The summed E-state index contributed by atoms with van der Waals surface area (Å²) in [6, 6.07) is 18.5. The van der Waals surface area contributed by atoms with Crippen LogP contribution in [0.4, 0.5) is 0 Å². The van der Waals surface area contributed by atoms with E-state index in [9.17, 15) is 9.59 Å². The number of halogens is 1. The predicted molar refractivity (Wildman–Crippen MR) is 110 cm³/mol. The van der Waals surface area contributed by atoms with E-state index in [1.54, 1.807) is 4.90 Å². The lowest BCUT2D eigenvalue weighted by molar-refractivity contribution is -0.128. The van der Waals surface area contributed by atoms with Crippen LogP contribution < -0.4 is 15.8 Å². The van der Waals surface area contributed by atoms with Gasteiger partial charge in [-0.15, -0.1) is 12.4 Å². The summed E-state index contributed by atoms with van der Waals surface area (Å²) in [5, 5.41) is 2.93. The van der Waals surface area contributed by atoms with Gasteiger partial charge in [0, 0.05) is 25.4 Å². The number of amides is 2. The molecule has 3 rings (SSSR count). The number of carbonyl (C=O) groups is 2. The third kappa shape index (κ3) is 6.25. The Morgan fingerprint density at radius 1 is 1.14 bits per heavy atom. The number of carbonyl (C=O) groups excluding carboxylic acids is 2. The molecule has 1 fully saturated rings. The molecule has 2 aromatic rings. The molecule has 0 aromatic heterocycles. The molecule has 3 N–H and O–H groups in total. The molecule has 1 aliphatic rings. The van der Waals surface area contributed by atoms with Crippen molar-refractivity contribution in [2.45, 2.75) is 24.9 Å². The average Bonchev–Trinajstić information content (AvgIpc) is 3.02. The summed E-state index contributed by atoms with van der Waals surface area (Å²) in [5.74, 6) is 0.680. The van der Waals surface area contributed by atoms with Crippen LogP contribution in [0.25, 0.3) is 0 Å². The Labute approximate surface area is 171 Å². The fraction of sp³-hybridized carbons (Fsp3) is 0.333. The quantitative estimate of drug-likeness (QED) is 0.708. The first-order chi connectivity index (χ1) is 13.1. The van der Waals surface area contributed by atoms with Crippen LogP contribution in [-0.4, -0.2) is 42.5 Å². The van der Waals surface area contributed by atoms with E-state index in [2.05, 4.69) is 5.32 Å². The fourth-order valence-corrected chi connectivity index (χ4v) is 3.18. The van der Waals surface area contributed by atoms with Crippen molar-refractivity contribution in [1.82, 2.24) is 10.2 Å². The Morgan fingerprint density at radius 2 is 1.79 bits per heavy atom.